The second-order valence-corrected chi connectivity index (χ2v) is 4.56. The highest BCUT2D eigenvalue weighted by atomic mass is 16.4. The van der Waals surface area contributed by atoms with Crippen LogP contribution in [0.1, 0.15) is 29.7 Å². The number of nitrogens with zero attached hydrogens (tertiary/aromatic N) is 1. The van der Waals surface area contributed by atoms with Crippen LogP contribution in [0.4, 0.5) is 0 Å². The van der Waals surface area contributed by atoms with Crippen LogP contribution in [0.15, 0.2) is 16.5 Å². The van der Waals surface area contributed by atoms with Crippen molar-refractivity contribution in [1.29, 1.82) is 0 Å². The van der Waals surface area contributed by atoms with Gasteiger partial charge < -0.3 is 14.6 Å². The van der Waals surface area contributed by atoms with Gasteiger partial charge in [0.15, 0.2) is 0 Å². The number of carboxylic acids is 1. The van der Waals surface area contributed by atoms with Crippen molar-refractivity contribution in [2.45, 2.75) is 25.9 Å². The van der Waals surface area contributed by atoms with Crippen LogP contribution < -0.4 is 0 Å². The molecular formula is C12H17NO4. The topological polar surface area (TPSA) is 73.9 Å². The fourth-order valence-corrected chi connectivity index (χ4v) is 2.36. The first-order valence-corrected chi connectivity index (χ1v) is 5.78. The molecule has 17 heavy (non-hydrogen) atoms. The lowest BCUT2D eigenvalue weighted by molar-refractivity contribution is 0.0655. The largest absolute Gasteiger partial charge is 0.475 e. The molecule has 2 N–H and O–H groups in total. The van der Waals surface area contributed by atoms with Crippen LogP contribution in [0, 0.1) is 5.92 Å². The van der Waals surface area contributed by atoms with E-state index in [9.17, 15) is 9.90 Å². The Morgan fingerprint density at radius 2 is 2.35 bits per heavy atom. The first-order valence-electron chi connectivity index (χ1n) is 5.78. The first kappa shape index (κ1) is 12.1. The Kier molecular flexibility index (Phi) is 3.49. The fraction of sp³-hybridized carbons (Fsp3) is 0.583. The molecular weight excluding hydrogens is 222 g/mol. The van der Waals surface area contributed by atoms with Crippen LogP contribution in [0.3, 0.4) is 0 Å². The van der Waals surface area contributed by atoms with Gasteiger partial charge in [-0.25, -0.2) is 4.79 Å². The van der Waals surface area contributed by atoms with Gasteiger partial charge in [-0.15, -0.1) is 0 Å². The molecule has 1 saturated heterocycles. The fourth-order valence-electron chi connectivity index (χ4n) is 2.36. The number of aromatic carboxylic acids is 1. The first-order chi connectivity index (χ1) is 8.11. The summed E-state index contributed by atoms with van der Waals surface area (Å²) in [5.74, 6) is 0.0152. The molecule has 0 radical (unpaired) electrons. The van der Waals surface area contributed by atoms with Crippen LogP contribution in [0.25, 0.3) is 0 Å². The van der Waals surface area contributed by atoms with E-state index in [1.54, 1.807) is 6.07 Å². The zero-order valence-electron chi connectivity index (χ0n) is 9.80. The van der Waals surface area contributed by atoms with Crippen LogP contribution in [0.5, 0.6) is 0 Å². The predicted octanol–water partition coefficient (Wildman–Crippen LogP) is 1.18. The van der Waals surface area contributed by atoms with E-state index < -0.39 is 5.97 Å². The molecule has 0 aromatic carbocycles. The summed E-state index contributed by atoms with van der Waals surface area (Å²) in [4.78, 5) is 12.8. The number of furan rings is 1. The lowest BCUT2D eigenvalue weighted by Gasteiger charge is -2.23. The van der Waals surface area contributed by atoms with Gasteiger partial charge >= 0.3 is 5.97 Å². The van der Waals surface area contributed by atoms with Crippen LogP contribution in [-0.2, 0) is 6.54 Å². The van der Waals surface area contributed by atoms with Gasteiger partial charge in [0.25, 0.3) is 0 Å². The van der Waals surface area contributed by atoms with E-state index in [1.165, 1.54) is 6.07 Å². The van der Waals surface area contributed by atoms with Crippen molar-refractivity contribution >= 4 is 5.97 Å². The smallest absolute Gasteiger partial charge is 0.371 e. The minimum absolute atomic E-state index is 0.0345. The highest BCUT2D eigenvalue weighted by Gasteiger charge is 2.30. The predicted molar refractivity (Wildman–Crippen MR) is 60.7 cm³/mol. The van der Waals surface area contributed by atoms with E-state index in [2.05, 4.69) is 11.8 Å². The van der Waals surface area contributed by atoms with Gasteiger partial charge in [0, 0.05) is 6.04 Å². The maximum atomic E-state index is 10.7. The SMILES string of the molecule is CC1CCN(Cc2ccc(C(=O)O)o2)C1CO. The normalized spacial score (nSPS) is 25.3. The monoisotopic (exact) mass is 239 g/mol. The number of aliphatic hydroxyl groups is 1. The molecule has 1 aromatic heterocycles. The van der Waals surface area contributed by atoms with E-state index in [1.807, 2.05) is 0 Å². The average molecular weight is 239 g/mol. The maximum absolute atomic E-state index is 10.7. The third-order valence-electron chi connectivity index (χ3n) is 3.42. The Morgan fingerprint density at radius 1 is 1.59 bits per heavy atom. The Morgan fingerprint density at radius 3 is 2.94 bits per heavy atom. The molecule has 1 fully saturated rings. The van der Waals surface area contributed by atoms with E-state index in [-0.39, 0.29) is 18.4 Å². The van der Waals surface area contributed by atoms with Gasteiger partial charge in [0.2, 0.25) is 5.76 Å². The summed E-state index contributed by atoms with van der Waals surface area (Å²) < 4.78 is 5.21. The zero-order valence-corrected chi connectivity index (χ0v) is 9.80. The van der Waals surface area contributed by atoms with E-state index >= 15 is 0 Å². The number of hydrogen-bond acceptors (Lipinski definition) is 4. The molecule has 2 unspecified atom stereocenters. The van der Waals surface area contributed by atoms with Gasteiger partial charge in [-0.05, 0) is 31.0 Å². The number of carboxylic acid groups (broad SMARTS) is 1. The summed E-state index contributed by atoms with van der Waals surface area (Å²) in [7, 11) is 0. The highest BCUT2D eigenvalue weighted by Crippen LogP contribution is 2.25. The van der Waals surface area contributed by atoms with Crippen molar-refractivity contribution < 1.29 is 19.4 Å². The van der Waals surface area contributed by atoms with Gasteiger partial charge in [-0.1, -0.05) is 6.92 Å². The second-order valence-electron chi connectivity index (χ2n) is 4.56. The third-order valence-corrected chi connectivity index (χ3v) is 3.42. The molecule has 0 bridgehead atoms. The second kappa shape index (κ2) is 4.89. The van der Waals surface area contributed by atoms with Gasteiger partial charge in [0.05, 0.1) is 13.2 Å². The molecule has 2 heterocycles. The van der Waals surface area contributed by atoms with Crippen molar-refractivity contribution in [2.75, 3.05) is 13.2 Å². The number of likely N-dealkylation sites (tertiary alicyclic amines) is 1. The number of rotatable bonds is 4. The lowest BCUT2D eigenvalue weighted by Crippen LogP contribution is -2.34. The summed E-state index contributed by atoms with van der Waals surface area (Å²) in [6.07, 6.45) is 1.05. The maximum Gasteiger partial charge on any atom is 0.371 e. The molecule has 2 atom stereocenters. The molecule has 5 heteroatoms. The Bertz CT molecular complexity index is 401. The van der Waals surface area contributed by atoms with Crippen molar-refractivity contribution in [1.82, 2.24) is 4.90 Å². The standard InChI is InChI=1S/C12H17NO4/c1-8-4-5-13(10(8)7-14)6-9-2-3-11(17-9)12(15)16/h2-3,8,10,14H,4-7H2,1H3,(H,15,16). The molecule has 94 valence electrons. The Balaban J connectivity index is 2.02. The molecule has 0 saturated carbocycles. The molecule has 0 aliphatic carbocycles. The summed E-state index contributed by atoms with van der Waals surface area (Å²) in [6, 6.07) is 3.29. The van der Waals surface area contributed by atoms with E-state index in [4.69, 9.17) is 9.52 Å². The zero-order chi connectivity index (χ0) is 12.4. The van der Waals surface area contributed by atoms with Crippen LogP contribution >= 0.6 is 0 Å². The van der Waals surface area contributed by atoms with Crippen molar-refractivity contribution in [3.63, 3.8) is 0 Å². The van der Waals surface area contributed by atoms with E-state index in [0.717, 1.165) is 13.0 Å². The molecule has 2 rings (SSSR count). The van der Waals surface area contributed by atoms with Gasteiger partial charge in [-0.3, -0.25) is 4.90 Å². The average Bonchev–Trinajstić information content (AvgIpc) is 2.87. The van der Waals surface area contributed by atoms with E-state index in [0.29, 0.717) is 18.2 Å². The van der Waals surface area contributed by atoms with Gasteiger partial charge in [-0.2, -0.15) is 0 Å². The number of aliphatic hydroxyl groups excluding tert-OH is 1. The minimum atomic E-state index is -1.05. The summed E-state index contributed by atoms with van der Waals surface area (Å²) in [5.41, 5.74) is 0. The highest BCUT2D eigenvalue weighted by molar-refractivity contribution is 5.84. The molecule has 0 spiro atoms. The number of carbonyl (C=O) groups is 1. The third kappa shape index (κ3) is 2.50. The van der Waals surface area contributed by atoms with Crippen LogP contribution in [-0.4, -0.2) is 40.3 Å². The van der Waals surface area contributed by atoms with Crippen molar-refractivity contribution in [2.24, 2.45) is 5.92 Å². The lowest BCUT2D eigenvalue weighted by atomic mass is 10.0. The number of hydrogen-bond donors (Lipinski definition) is 2. The van der Waals surface area contributed by atoms with Crippen LogP contribution in [0.2, 0.25) is 0 Å². The van der Waals surface area contributed by atoms with Crippen molar-refractivity contribution in [3.8, 4) is 0 Å². The van der Waals surface area contributed by atoms with Gasteiger partial charge in [0.1, 0.15) is 5.76 Å². The molecule has 1 aromatic rings. The van der Waals surface area contributed by atoms with Crippen molar-refractivity contribution in [3.05, 3.63) is 23.7 Å². The molecule has 1 aliphatic rings. The summed E-state index contributed by atoms with van der Waals surface area (Å²) in [5, 5.41) is 18.1. The Hall–Kier alpha value is -1.33. The summed E-state index contributed by atoms with van der Waals surface area (Å²) >= 11 is 0. The summed E-state index contributed by atoms with van der Waals surface area (Å²) in [6.45, 7) is 3.72. The molecule has 1 aliphatic heterocycles. The Labute approximate surface area is 99.6 Å². The quantitative estimate of drug-likeness (QED) is 0.825. The molecule has 0 amide bonds. The minimum Gasteiger partial charge on any atom is -0.475 e. The molecule has 5 nitrogen and oxygen atoms in total.